The zero-order chi connectivity index (χ0) is 21.2. The van der Waals surface area contributed by atoms with Gasteiger partial charge in [-0.15, -0.1) is 0 Å². The number of urea groups is 1. The number of carbonyl (C=O) groups is 3. The van der Waals surface area contributed by atoms with E-state index in [1.807, 2.05) is 30.3 Å². The Morgan fingerprint density at radius 3 is 2.55 bits per heavy atom. The number of amides is 3. The van der Waals surface area contributed by atoms with E-state index in [4.69, 9.17) is 21.1 Å². The van der Waals surface area contributed by atoms with Crippen LogP contribution in [0.25, 0.3) is 0 Å². The summed E-state index contributed by atoms with van der Waals surface area (Å²) in [5, 5.41) is 17.5. The third kappa shape index (κ3) is 7.58. The Balaban J connectivity index is 1.79. The minimum Gasteiger partial charge on any atom is -0.480 e. The van der Waals surface area contributed by atoms with Crippen molar-refractivity contribution < 1.29 is 24.0 Å². The summed E-state index contributed by atoms with van der Waals surface area (Å²) in [5.74, 6) is -1.47. The van der Waals surface area contributed by atoms with E-state index in [2.05, 4.69) is 20.8 Å². The predicted octanol–water partition coefficient (Wildman–Crippen LogP) is 0.220. The van der Waals surface area contributed by atoms with Crippen LogP contribution in [0.2, 0.25) is 0 Å². The van der Waals surface area contributed by atoms with Crippen LogP contribution in [0.15, 0.2) is 34.9 Å². The van der Waals surface area contributed by atoms with Crippen LogP contribution in [0.3, 0.4) is 0 Å². The second-order valence-corrected chi connectivity index (χ2v) is 6.40. The first kappa shape index (κ1) is 21.8. The molecule has 1 aromatic carbocycles. The number of hydrogen-bond donors (Lipinski definition) is 5. The van der Waals surface area contributed by atoms with Gasteiger partial charge in [-0.05, 0) is 24.8 Å². The number of aromatic nitrogens is 2. The van der Waals surface area contributed by atoms with Crippen molar-refractivity contribution in [1.29, 1.82) is 0 Å². The predicted molar refractivity (Wildman–Crippen MR) is 101 cm³/mol. The molecule has 0 unspecified atom stereocenters. The minimum atomic E-state index is -1.27. The Morgan fingerprint density at radius 2 is 1.90 bits per heavy atom. The van der Waals surface area contributed by atoms with Gasteiger partial charge in [0, 0.05) is 6.42 Å². The summed E-state index contributed by atoms with van der Waals surface area (Å²) in [6, 6.07) is 7.43. The number of nitrogens with zero attached hydrogens (tertiary/aromatic N) is 2. The van der Waals surface area contributed by atoms with Gasteiger partial charge in [-0.25, -0.2) is 9.59 Å². The van der Waals surface area contributed by atoms with E-state index < -0.39 is 30.0 Å². The molecule has 0 aliphatic rings. The molecule has 156 valence electrons. The Kier molecular flexibility index (Phi) is 8.10. The number of rotatable bonds is 11. The molecule has 0 aliphatic carbocycles. The molecular formula is C18H24N6O5. The van der Waals surface area contributed by atoms with E-state index in [-0.39, 0.29) is 25.3 Å². The average Bonchev–Trinajstić information content (AvgIpc) is 3.17. The van der Waals surface area contributed by atoms with Crippen LogP contribution in [-0.4, -0.2) is 39.2 Å². The van der Waals surface area contributed by atoms with Gasteiger partial charge < -0.3 is 31.7 Å². The molecule has 29 heavy (non-hydrogen) atoms. The van der Waals surface area contributed by atoms with E-state index in [9.17, 15) is 14.4 Å². The number of carboxylic acids is 1. The van der Waals surface area contributed by atoms with Crippen LogP contribution in [0.1, 0.15) is 42.6 Å². The minimum absolute atomic E-state index is 0.105. The molecular weight excluding hydrogens is 380 g/mol. The molecule has 0 saturated heterocycles. The SMILES string of the molecule is NC(=O)CC[C@H](NC(=O)NCc1nc([C@@H](N)CCc2ccccc2)no1)C(=O)O. The van der Waals surface area contributed by atoms with Gasteiger partial charge in [0.25, 0.3) is 0 Å². The second-order valence-electron chi connectivity index (χ2n) is 6.40. The highest BCUT2D eigenvalue weighted by atomic mass is 16.5. The molecule has 0 radical (unpaired) electrons. The molecule has 2 aromatic rings. The molecule has 0 spiro atoms. The summed E-state index contributed by atoms with van der Waals surface area (Å²) >= 11 is 0. The number of nitrogens with one attached hydrogen (secondary N) is 2. The first-order valence-corrected chi connectivity index (χ1v) is 9.02. The van der Waals surface area contributed by atoms with E-state index in [1.54, 1.807) is 0 Å². The molecule has 0 fully saturated rings. The van der Waals surface area contributed by atoms with Crippen molar-refractivity contribution in [3.05, 3.63) is 47.6 Å². The molecule has 1 heterocycles. The second kappa shape index (κ2) is 10.8. The molecule has 11 heteroatoms. The van der Waals surface area contributed by atoms with Crippen LogP contribution in [-0.2, 0) is 22.6 Å². The normalized spacial score (nSPS) is 12.7. The fourth-order valence-corrected chi connectivity index (χ4v) is 2.50. The summed E-state index contributed by atoms with van der Waals surface area (Å²) in [6.45, 7) is -0.105. The third-order valence-corrected chi connectivity index (χ3v) is 4.09. The maximum atomic E-state index is 11.9. The van der Waals surface area contributed by atoms with Gasteiger partial charge in [0.2, 0.25) is 11.8 Å². The third-order valence-electron chi connectivity index (χ3n) is 4.09. The summed E-state index contributed by atoms with van der Waals surface area (Å²) < 4.78 is 5.06. The largest absolute Gasteiger partial charge is 0.480 e. The molecule has 7 N–H and O–H groups in total. The molecule has 0 saturated carbocycles. The quantitative estimate of drug-likeness (QED) is 0.352. The van der Waals surface area contributed by atoms with Gasteiger partial charge in [0.15, 0.2) is 5.82 Å². The number of benzene rings is 1. The smallest absolute Gasteiger partial charge is 0.326 e. The molecule has 1 aromatic heterocycles. The maximum Gasteiger partial charge on any atom is 0.326 e. The lowest BCUT2D eigenvalue weighted by Crippen LogP contribution is -2.46. The van der Waals surface area contributed by atoms with Gasteiger partial charge in [0.05, 0.1) is 12.6 Å². The maximum absolute atomic E-state index is 11.9. The van der Waals surface area contributed by atoms with Gasteiger partial charge in [-0.1, -0.05) is 35.5 Å². The van der Waals surface area contributed by atoms with E-state index in [0.29, 0.717) is 12.2 Å². The van der Waals surface area contributed by atoms with Crippen molar-refractivity contribution in [2.75, 3.05) is 0 Å². The topological polar surface area (TPSA) is 186 Å². The lowest BCUT2D eigenvalue weighted by atomic mass is 10.1. The fraction of sp³-hybridized carbons (Fsp3) is 0.389. The van der Waals surface area contributed by atoms with Crippen molar-refractivity contribution in [3.8, 4) is 0 Å². The Bertz CT molecular complexity index is 825. The monoisotopic (exact) mass is 404 g/mol. The number of nitrogens with two attached hydrogens (primary N) is 2. The number of aliphatic carboxylic acids is 1. The van der Waals surface area contributed by atoms with Crippen molar-refractivity contribution >= 4 is 17.9 Å². The molecule has 2 atom stereocenters. The molecule has 3 amide bonds. The van der Waals surface area contributed by atoms with Crippen molar-refractivity contribution in [3.63, 3.8) is 0 Å². The number of carboxylic acid groups (broad SMARTS) is 1. The van der Waals surface area contributed by atoms with Crippen molar-refractivity contribution in [2.24, 2.45) is 11.5 Å². The van der Waals surface area contributed by atoms with E-state index in [1.165, 1.54) is 0 Å². The molecule has 0 bridgehead atoms. The van der Waals surface area contributed by atoms with Crippen LogP contribution in [0.4, 0.5) is 4.79 Å². The summed E-state index contributed by atoms with van der Waals surface area (Å²) in [7, 11) is 0. The lowest BCUT2D eigenvalue weighted by Gasteiger charge is -2.13. The molecule has 11 nitrogen and oxygen atoms in total. The summed E-state index contributed by atoms with van der Waals surface area (Å²) in [6.07, 6.45) is 1.11. The number of aryl methyl sites for hydroxylation is 1. The zero-order valence-electron chi connectivity index (χ0n) is 15.7. The van der Waals surface area contributed by atoms with E-state index in [0.717, 1.165) is 12.0 Å². The lowest BCUT2D eigenvalue weighted by molar-refractivity contribution is -0.139. The average molecular weight is 404 g/mol. The highest BCUT2D eigenvalue weighted by molar-refractivity contribution is 5.83. The van der Waals surface area contributed by atoms with Gasteiger partial charge >= 0.3 is 12.0 Å². The number of carbonyl (C=O) groups excluding carboxylic acids is 2. The van der Waals surface area contributed by atoms with Crippen LogP contribution < -0.4 is 22.1 Å². The van der Waals surface area contributed by atoms with Gasteiger partial charge in [-0.2, -0.15) is 4.98 Å². The van der Waals surface area contributed by atoms with Crippen molar-refractivity contribution in [1.82, 2.24) is 20.8 Å². The Morgan fingerprint density at radius 1 is 1.17 bits per heavy atom. The van der Waals surface area contributed by atoms with Crippen molar-refractivity contribution in [2.45, 2.75) is 44.3 Å². The highest BCUT2D eigenvalue weighted by Crippen LogP contribution is 2.14. The Labute approximate surface area is 166 Å². The highest BCUT2D eigenvalue weighted by Gasteiger charge is 2.21. The van der Waals surface area contributed by atoms with Crippen LogP contribution >= 0.6 is 0 Å². The zero-order valence-corrected chi connectivity index (χ0v) is 15.7. The van der Waals surface area contributed by atoms with Crippen LogP contribution in [0.5, 0.6) is 0 Å². The molecule has 2 rings (SSSR count). The van der Waals surface area contributed by atoms with Gasteiger partial charge in [0.1, 0.15) is 6.04 Å². The Hall–Kier alpha value is -3.47. The summed E-state index contributed by atoms with van der Waals surface area (Å²) in [5.41, 5.74) is 12.2. The molecule has 0 aliphatic heterocycles. The first-order valence-electron chi connectivity index (χ1n) is 9.02. The number of hydrogen-bond acceptors (Lipinski definition) is 7. The van der Waals surface area contributed by atoms with Gasteiger partial charge in [-0.3, -0.25) is 4.79 Å². The fourth-order valence-electron chi connectivity index (χ4n) is 2.50. The summed E-state index contributed by atoms with van der Waals surface area (Å²) in [4.78, 5) is 37.9. The van der Waals surface area contributed by atoms with Crippen LogP contribution in [0, 0.1) is 0 Å². The standard InChI is InChI=1S/C18H24N6O5/c19-12(7-6-11-4-2-1-3-5-11)16-23-15(29-24-16)10-21-18(28)22-13(17(26)27)8-9-14(20)25/h1-5,12-13H,6-10,19H2,(H2,20,25)(H,26,27)(H2,21,22,28)/t12-,13-/m0/s1. The first-order chi connectivity index (χ1) is 13.8. The van der Waals surface area contributed by atoms with E-state index >= 15 is 0 Å². The number of primary amides is 1.